The molecule has 0 spiro atoms. The van der Waals surface area contributed by atoms with E-state index in [4.69, 9.17) is 9.66 Å². The highest BCUT2D eigenvalue weighted by Gasteiger charge is 2.06. The third kappa shape index (κ3) is 11.0. The maximum atomic E-state index is 10.5. The maximum Gasteiger partial charge on any atom is 0.294 e. The Balaban J connectivity index is 0.000000384. The molecule has 0 atom stereocenters. The summed E-state index contributed by atoms with van der Waals surface area (Å²) in [6.45, 7) is 4.22. The Bertz CT molecular complexity index is 536. The molecule has 0 saturated carbocycles. The van der Waals surface area contributed by atoms with Crippen molar-refractivity contribution in [2.75, 3.05) is 6.61 Å². The van der Waals surface area contributed by atoms with Crippen molar-refractivity contribution < 1.29 is 18.1 Å². The fourth-order valence-corrected chi connectivity index (χ4v) is 1.89. The van der Waals surface area contributed by atoms with Gasteiger partial charge in [-0.25, -0.2) is 0 Å². The van der Waals surface area contributed by atoms with E-state index in [0.29, 0.717) is 6.42 Å². The predicted octanol–water partition coefficient (Wildman–Crippen LogP) is 3.19. The molecule has 0 aliphatic heterocycles. The molecule has 1 aromatic carbocycles. The van der Waals surface area contributed by atoms with Crippen LogP contribution in [0, 0.1) is 18.8 Å². The minimum atomic E-state index is -4.02. The van der Waals surface area contributed by atoms with Gasteiger partial charge in [-0.05, 0) is 25.5 Å². The topological polar surface area (TPSA) is 74.6 Å². The van der Waals surface area contributed by atoms with Gasteiger partial charge in [0.2, 0.25) is 0 Å². The third-order valence-electron chi connectivity index (χ3n) is 2.59. The molecule has 0 fully saturated rings. The zero-order valence-corrected chi connectivity index (χ0v) is 13.5. The predicted molar refractivity (Wildman–Crippen MR) is 84.6 cm³/mol. The van der Waals surface area contributed by atoms with Crippen LogP contribution in [0.25, 0.3) is 0 Å². The smallest absolute Gasteiger partial charge is 0.294 e. The molecule has 118 valence electrons. The van der Waals surface area contributed by atoms with Gasteiger partial charge in [0.25, 0.3) is 10.1 Å². The van der Waals surface area contributed by atoms with Crippen molar-refractivity contribution in [3.8, 4) is 11.8 Å². The Kier molecular flexibility index (Phi) is 10.6. The van der Waals surface area contributed by atoms with Crippen molar-refractivity contribution in [1.82, 2.24) is 0 Å². The summed E-state index contributed by atoms with van der Waals surface area (Å²) in [5.74, 6) is 5.91. The second-order valence-corrected chi connectivity index (χ2v) is 5.99. The molecule has 21 heavy (non-hydrogen) atoms. The largest absolute Gasteiger partial charge is 0.395 e. The number of rotatable bonds is 5. The number of hydrogen-bond acceptors (Lipinski definition) is 3. The van der Waals surface area contributed by atoms with E-state index in [0.717, 1.165) is 12.0 Å². The van der Waals surface area contributed by atoms with E-state index in [-0.39, 0.29) is 11.5 Å². The zero-order chi connectivity index (χ0) is 16.1. The van der Waals surface area contributed by atoms with Crippen LogP contribution in [0.15, 0.2) is 29.2 Å². The highest BCUT2D eigenvalue weighted by atomic mass is 32.2. The summed E-state index contributed by atoms with van der Waals surface area (Å²) in [5, 5.41) is 8.37. The molecule has 0 aromatic heterocycles. The lowest BCUT2D eigenvalue weighted by Crippen LogP contribution is -1.96. The van der Waals surface area contributed by atoms with Crippen LogP contribution < -0.4 is 0 Å². The minimum absolute atomic E-state index is 0.0666. The van der Waals surface area contributed by atoms with E-state index in [1.165, 1.54) is 31.4 Å². The number of benzene rings is 1. The molecule has 0 aliphatic carbocycles. The third-order valence-corrected chi connectivity index (χ3v) is 3.45. The number of hydrogen-bond donors (Lipinski definition) is 2. The molecular weight excluding hydrogens is 288 g/mol. The lowest BCUT2D eigenvalue weighted by atomic mass is 10.2. The van der Waals surface area contributed by atoms with E-state index >= 15 is 0 Å². The molecule has 0 aliphatic rings. The Morgan fingerprint density at radius 1 is 1.05 bits per heavy atom. The highest BCUT2D eigenvalue weighted by molar-refractivity contribution is 7.85. The summed E-state index contributed by atoms with van der Waals surface area (Å²) in [4.78, 5) is -0.0666. The van der Waals surface area contributed by atoms with Gasteiger partial charge >= 0.3 is 0 Å². The van der Waals surface area contributed by atoms with E-state index in [9.17, 15) is 8.42 Å². The van der Waals surface area contributed by atoms with E-state index in [1.54, 1.807) is 12.1 Å². The molecule has 0 bridgehead atoms. The standard InChI is InChI=1S/C9H16O.C7H8O3S/c1-2-3-4-5-6-7-8-9-10;1-6-2-4-7(5-3-6)11(8,9)10/h10H,2-5,8-9H2,1H3;2-5H,1H3,(H,8,9,10). The van der Waals surface area contributed by atoms with Crippen LogP contribution in [-0.2, 0) is 10.1 Å². The van der Waals surface area contributed by atoms with Crippen molar-refractivity contribution in [2.24, 2.45) is 0 Å². The first-order valence-corrected chi connectivity index (χ1v) is 8.46. The molecule has 0 amide bonds. The molecule has 0 heterocycles. The second-order valence-electron chi connectivity index (χ2n) is 4.57. The normalized spacial score (nSPS) is 10.1. The second kappa shape index (κ2) is 11.3. The van der Waals surface area contributed by atoms with Gasteiger partial charge in [0, 0.05) is 12.8 Å². The molecule has 0 saturated heterocycles. The van der Waals surface area contributed by atoms with E-state index in [1.807, 2.05) is 6.92 Å². The minimum Gasteiger partial charge on any atom is -0.395 e. The fourth-order valence-electron chi connectivity index (χ4n) is 1.41. The van der Waals surface area contributed by atoms with Crippen LogP contribution in [0.3, 0.4) is 0 Å². The molecular formula is C16H24O4S. The summed E-state index contributed by atoms with van der Waals surface area (Å²) in [7, 11) is -4.02. The Labute approximate surface area is 128 Å². The highest BCUT2D eigenvalue weighted by Crippen LogP contribution is 2.08. The van der Waals surface area contributed by atoms with Crippen LogP contribution in [-0.4, -0.2) is 24.7 Å². The summed E-state index contributed by atoms with van der Waals surface area (Å²) in [6, 6.07) is 5.99. The molecule has 5 heteroatoms. The summed E-state index contributed by atoms with van der Waals surface area (Å²) >= 11 is 0. The molecule has 1 aromatic rings. The average Bonchev–Trinajstić information content (AvgIpc) is 2.43. The SMILES string of the molecule is CCCCCC#CCCO.Cc1ccc(S(=O)(=O)O)cc1. The van der Waals surface area contributed by atoms with Gasteiger partial charge in [-0.1, -0.05) is 37.5 Å². The van der Waals surface area contributed by atoms with Crippen LogP contribution >= 0.6 is 0 Å². The number of unbranched alkanes of at least 4 members (excludes halogenated alkanes) is 3. The van der Waals surface area contributed by atoms with Gasteiger partial charge in [0.05, 0.1) is 11.5 Å². The van der Waals surface area contributed by atoms with Crippen LogP contribution in [0.1, 0.15) is 44.6 Å². The van der Waals surface area contributed by atoms with Gasteiger partial charge < -0.3 is 5.11 Å². The fraction of sp³-hybridized carbons (Fsp3) is 0.500. The first-order chi connectivity index (χ1) is 9.91. The average molecular weight is 312 g/mol. The Morgan fingerprint density at radius 2 is 1.62 bits per heavy atom. The lowest BCUT2D eigenvalue weighted by Gasteiger charge is -1.95. The number of aliphatic hydroxyl groups is 1. The van der Waals surface area contributed by atoms with Gasteiger partial charge in [-0.15, -0.1) is 11.8 Å². The Hall–Kier alpha value is -1.35. The molecule has 1 rings (SSSR count). The molecule has 4 nitrogen and oxygen atoms in total. The quantitative estimate of drug-likeness (QED) is 0.497. The van der Waals surface area contributed by atoms with Crippen LogP contribution in [0.4, 0.5) is 0 Å². The van der Waals surface area contributed by atoms with Crippen LogP contribution in [0.2, 0.25) is 0 Å². The van der Waals surface area contributed by atoms with Gasteiger partial charge in [-0.2, -0.15) is 8.42 Å². The summed E-state index contributed by atoms with van der Waals surface area (Å²) in [6.07, 6.45) is 5.35. The van der Waals surface area contributed by atoms with Crippen LogP contribution in [0.5, 0.6) is 0 Å². The maximum absolute atomic E-state index is 10.5. The molecule has 0 radical (unpaired) electrons. The molecule has 0 unspecified atom stereocenters. The van der Waals surface area contributed by atoms with Gasteiger partial charge in [0.15, 0.2) is 0 Å². The van der Waals surface area contributed by atoms with Gasteiger partial charge in [-0.3, -0.25) is 4.55 Å². The summed E-state index contributed by atoms with van der Waals surface area (Å²) in [5.41, 5.74) is 0.956. The number of aryl methyl sites for hydroxylation is 1. The van der Waals surface area contributed by atoms with Crippen molar-refractivity contribution in [1.29, 1.82) is 0 Å². The van der Waals surface area contributed by atoms with Crippen molar-refractivity contribution >= 4 is 10.1 Å². The molecule has 2 N–H and O–H groups in total. The lowest BCUT2D eigenvalue weighted by molar-refractivity contribution is 0.305. The monoisotopic (exact) mass is 312 g/mol. The zero-order valence-electron chi connectivity index (χ0n) is 12.7. The number of aliphatic hydroxyl groups excluding tert-OH is 1. The Morgan fingerprint density at radius 3 is 2.10 bits per heavy atom. The van der Waals surface area contributed by atoms with E-state index in [2.05, 4.69) is 18.8 Å². The van der Waals surface area contributed by atoms with Gasteiger partial charge in [0.1, 0.15) is 0 Å². The first-order valence-electron chi connectivity index (χ1n) is 7.02. The van der Waals surface area contributed by atoms with E-state index < -0.39 is 10.1 Å². The first kappa shape index (κ1) is 19.7. The van der Waals surface area contributed by atoms with Crippen molar-refractivity contribution in [3.63, 3.8) is 0 Å². The van der Waals surface area contributed by atoms with Crippen molar-refractivity contribution in [2.45, 2.75) is 50.8 Å². The summed E-state index contributed by atoms with van der Waals surface area (Å²) < 4.78 is 29.6. The van der Waals surface area contributed by atoms with Crippen molar-refractivity contribution in [3.05, 3.63) is 29.8 Å².